The Hall–Kier alpha value is -0.420. The number of nitrogens with one attached hydrogen (secondary N) is 1. The van der Waals surface area contributed by atoms with Gasteiger partial charge in [0.2, 0.25) is 0 Å². The summed E-state index contributed by atoms with van der Waals surface area (Å²) < 4.78 is 13.2. The molecule has 0 aromatic heterocycles. The third-order valence-electron chi connectivity index (χ3n) is 2.99. The first kappa shape index (κ1) is 15.6. The lowest BCUT2D eigenvalue weighted by Gasteiger charge is -2.30. The summed E-state index contributed by atoms with van der Waals surface area (Å²) in [6, 6.07) is 4.38. The van der Waals surface area contributed by atoms with Crippen LogP contribution in [0.1, 0.15) is 29.3 Å². The van der Waals surface area contributed by atoms with Gasteiger partial charge in [0.25, 0.3) is 5.91 Å². The number of rotatable bonds is 5. The molecular weight excluding hydrogens is 365 g/mol. The van der Waals surface area contributed by atoms with E-state index in [2.05, 4.69) is 37.2 Å². The lowest BCUT2D eigenvalue weighted by molar-refractivity contribution is 0.0915. The Morgan fingerprint density at radius 1 is 1.39 bits per heavy atom. The van der Waals surface area contributed by atoms with Gasteiger partial charge in [0, 0.05) is 16.2 Å². The molecule has 0 spiro atoms. The Morgan fingerprint density at radius 3 is 2.44 bits per heavy atom. The average Bonchev–Trinajstić information content (AvgIpc) is 2.39. The van der Waals surface area contributed by atoms with Crippen LogP contribution in [-0.4, -0.2) is 22.1 Å². The second kappa shape index (κ2) is 6.66. The van der Waals surface area contributed by atoms with Gasteiger partial charge in [-0.25, -0.2) is 4.39 Å². The van der Waals surface area contributed by atoms with E-state index in [0.29, 0.717) is 21.8 Å². The van der Waals surface area contributed by atoms with Crippen molar-refractivity contribution in [1.82, 2.24) is 5.32 Å². The van der Waals surface area contributed by atoms with Gasteiger partial charge in [0.15, 0.2) is 0 Å². The maximum Gasteiger partial charge on any atom is 0.251 e. The highest BCUT2D eigenvalue weighted by molar-refractivity contribution is 9.09. The molecule has 0 fully saturated rings. The first-order chi connectivity index (χ1) is 8.48. The summed E-state index contributed by atoms with van der Waals surface area (Å²) >= 11 is 6.83. The van der Waals surface area contributed by atoms with Gasteiger partial charge in [-0.1, -0.05) is 38.8 Å². The maximum absolute atomic E-state index is 13.2. The smallest absolute Gasteiger partial charge is 0.251 e. The van der Waals surface area contributed by atoms with E-state index in [1.807, 2.05) is 6.92 Å². The van der Waals surface area contributed by atoms with Gasteiger partial charge in [-0.05, 0) is 37.1 Å². The van der Waals surface area contributed by atoms with Crippen LogP contribution in [0.25, 0.3) is 0 Å². The molecule has 0 aliphatic rings. The lowest BCUT2D eigenvalue weighted by Crippen LogP contribution is -2.51. The number of alkyl halides is 2. The predicted octanol–water partition coefficient (Wildman–Crippen LogP) is 3.80. The Balaban J connectivity index is 2.90. The van der Waals surface area contributed by atoms with Crippen molar-refractivity contribution in [2.75, 3.05) is 10.7 Å². The fourth-order valence-electron chi connectivity index (χ4n) is 1.48. The molecule has 1 aromatic carbocycles. The normalized spacial score (nSPS) is 11.4. The van der Waals surface area contributed by atoms with Crippen molar-refractivity contribution in [3.63, 3.8) is 0 Å². The van der Waals surface area contributed by atoms with E-state index in [0.717, 1.165) is 6.42 Å². The van der Waals surface area contributed by atoms with E-state index >= 15 is 0 Å². The van der Waals surface area contributed by atoms with E-state index in [1.165, 1.54) is 12.1 Å². The van der Waals surface area contributed by atoms with Gasteiger partial charge in [-0.3, -0.25) is 4.79 Å². The number of carbonyl (C=O) groups is 1. The van der Waals surface area contributed by atoms with Crippen LogP contribution in [0.15, 0.2) is 18.2 Å². The fourth-order valence-corrected chi connectivity index (χ4v) is 3.48. The topological polar surface area (TPSA) is 29.1 Å². The van der Waals surface area contributed by atoms with Crippen LogP contribution in [0.2, 0.25) is 0 Å². The van der Waals surface area contributed by atoms with Crippen molar-refractivity contribution in [1.29, 1.82) is 0 Å². The molecule has 0 saturated carbocycles. The van der Waals surface area contributed by atoms with Gasteiger partial charge >= 0.3 is 0 Å². The number of benzene rings is 1. The quantitative estimate of drug-likeness (QED) is 0.773. The van der Waals surface area contributed by atoms with Crippen molar-refractivity contribution < 1.29 is 9.18 Å². The molecule has 0 aliphatic heterocycles. The zero-order valence-corrected chi connectivity index (χ0v) is 13.6. The van der Waals surface area contributed by atoms with Crippen LogP contribution >= 0.6 is 31.9 Å². The summed E-state index contributed by atoms with van der Waals surface area (Å²) in [6.45, 7) is 3.66. The van der Waals surface area contributed by atoms with Gasteiger partial charge in [0.1, 0.15) is 5.82 Å². The van der Waals surface area contributed by atoms with E-state index in [9.17, 15) is 9.18 Å². The van der Waals surface area contributed by atoms with Crippen molar-refractivity contribution in [2.45, 2.75) is 25.8 Å². The average molecular weight is 381 g/mol. The Morgan fingerprint density at radius 2 is 2.00 bits per heavy atom. The van der Waals surface area contributed by atoms with Gasteiger partial charge < -0.3 is 5.32 Å². The number of amides is 1. The lowest BCUT2D eigenvalue weighted by atomic mass is 10.0. The second-order valence-electron chi connectivity index (χ2n) is 4.32. The van der Waals surface area contributed by atoms with Crippen LogP contribution in [-0.2, 0) is 0 Å². The zero-order chi connectivity index (χ0) is 13.8. The molecule has 0 atom stereocenters. The monoisotopic (exact) mass is 379 g/mol. The largest absolute Gasteiger partial charge is 0.345 e. The minimum atomic E-state index is -0.320. The van der Waals surface area contributed by atoms with Crippen molar-refractivity contribution >= 4 is 37.8 Å². The molecule has 0 aliphatic carbocycles. The SMILES string of the molecule is CCC(CBr)(CBr)NC(=O)c1ccc(F)c(C)c1. The van der Waals surface area contributed by atoms with Crippen LogP contribution in [0, 0.1) is 12.7 Å². The summed E-state index contributed by atoms with van der Waals surface area (Å²) in [5.74, 6) is -0.479. The fraction of sp³-hybridized carbons (Fsp3) is 0.462. The Bertz CT molecular complexity index is 425. The molecular formula is C13H16Br2FNO. The first-order valence-corrected chi connectivity index (χ1v) is 7.93. The van der Waals surface area contributed by atoms with E-state index in [4.69, 9.17) is 0 Å². The molecule has 100 valence electrons. The highest BCUT2D eigenvalue weighted by atomic mass is 79.9. The maximum atomic E-state index is 13.2. The van der Waals surface area contributed by atoms with E-state index in [1.54, 1.807) is 13.0 Å². The molecule has 1 amide bonds. The van der Waals surface area contributed by atoms with Crippen LogP contribution in [0.3, 0.4) is 0 Å². The standard InChI is InChI=1S/C13H16Br2FNO/c1-3-13(7-14,8-15)17-12(18)10-4-5-11(16)9(2)6-10/h4-6H,3,7-8H2,1-2H3,(H,17,18). The van der Waals surface area contributed by atoms with Gasteiger partial charge in [-0.15, -0.1) is 0 Å². The molecule has 1 N–H and O–H groups in total. The highest BCUT2D eigenvalue weighted by Crippen LogP contribution is 2.18. The molecule has 0 heterocycles. The number of hydrogen-bond acceptors (Lipinski definition) is 1. The van der Waals surface area contributed by atoms with E-state index < -0.39 is 0 Å². The van der Waals surface area contributed by atoms with Crippen molar-refractivity contribution in [3.05, 3.63) is 35.1 Å². The van der Waals surface area contributed by atoms with Crippen molar-refractivity contribution in [3.8, 4) is 0 Å². The molecule has 1 aromatic rings. The number of hydrogen-bond donors (Lipinski definition) is 1. The minimum absolute atomic E-state index is 0.182. The highest BCUT2D eigenvalue weighted by Gasteiger charge is 2.28. The molecule has 18 heavy (non-hydrogen) atoms. The molecule has 0 saturated heterocycles. The van der Waals surface area contributed by atoms with E-state index in [-0.39, 0.29) is 17.3 Å². The predicted molar refractivity (Wildman–Crippen MR) is 79.2 cm³/mol. The molecule has 2 nitrogen and oxygen atoms in total. The third-order valence-corrected chi connectivity index (χ3v) is 5.13. The third kappa shape index (κ3) is 3.54. The minimum Gasteiger partial charge on any atom is -0.345 e. The second-order valence-corrected chi connectivity index (χ2v) is 5.44. The summed E-state index contributed by atoms with van der Waals surface area (Å²) in [6.07, 6.45) is 0.801. The van der Waals surface area contributed by atoms with Crippen LogP contribution < -0.4 is 5.32 Å². The number of halogens is 3. The summed E-state index contributed by atoms with van der Waals surface area (Å²) in [5.41, 5.74) is 0.635. The summed E-state index contributed by atoms with van der Waals surface area (Å²) in [4.78, 5) is 12.1. The van der Waals surface area contributed by atoms with Crippen molar-refractivity contribution in [2.24, 2.45) is 0 Å². The molecule has 0 unspecified atom stereocenters. The van der Waals surface area contributed by atoms with Crippen LogP contribution in [0.4, 0.5) is 4.39 Å². The molecule has 5 heteroatoms. The zero-order valence-electron chi connectivity index (χ0n) is 10.4. The van der Waals surface area contributed by atoms with Gasteiger partial charge in [0.05, 0.1) is 5.54 Å². The Kier molecular flexibility index (Phi) is 5.79. The molecule has 0 bridgehead atoms. The number of aryl methyl sites for hydroxylation is 1. The van der Waals surface area contributed by atoms with Crippen LogP contribution in [0.5, 0.6) is 0 Å². The van der Waals surface area contributed by atoms with Gasteiger partial charge in [-0.2, -0.15) is 0 Å². The molecule has 0 radical (unpaired) electrons. The number of carbonyl (C=O) groups excluding carboxylic acids is 1. The Labute approximate surface area is 124 Å². The summed E-state index contributed by atoms with van der Waals surface area (Å²) in [5, 5.41) is 4.31. The first-order valence-electron chi connectivity index (χ1n) is 5.68. The molecule has 1 rings (SSSR count). The summed E-state index contributed by atoms with van der Waals surface area (Å²) in [7, 11) is 0.